The molecule has 0 spiro atoms. The molecule has 3 rings (SSSR count). The fourth-order valence-electron chi connectivity index (χ4n) is 3.28. The number of nitrogens with zero attached hydrogens (tertiary/aromatic N) is 1. The summed E-state index contributed by atoms with van der Waals surface area (Å²) in [6.07, 6.45) is 4.03. The lowest BCUT2D eigenvalue weighted by Crippen LogP contribution is -2.48. The summed E-state index contributed by atoms with van der Waals surface area (Å²) in [6, 6.07) is 5.95. The normalized spacial score (nSPS) is 15.0. The molecule has 0 radical (unpaired) electrons. The number of carbonyl (C=O) groups is 3. The second kappa shape index (κ2) is 10.9. The number of rotatable bonds is 7. The number of hydrogen-bond acceptors (Lipinski definition) is 7. The SMILES string of the molecule is Cc1nc(COc2ccc(C(=O)OC(C)C(=O)NC(=O)NC3CCCCC3)cc2)cs1. The number of nitrogens with one attached hydrogen (secondary N) is 2. The van der Waals surface area contributed by atoms with Crippen molar-refractivity contribution in [2.75, 3.05) is 0 Å². The van der Waals surface area contributed by atoms with Crippen molar-refractivity contribution < 1.29 is 23.9 Å². The molecule has 0 aliphatic heterocycles. The predicted octanol–water partition coefficient (Wildman–Crippen LogP) is 3.73. The van der Waals surface area contributed by atoms with E-state index in [1.165, 1.54) is 13.3 Å². The van der Waals surface area contributed by atoms with Gasteiger partial charge in [-0.15, -0.1) is 11.3 Å². The highest BCUT2D eigenvalue weighted by molar-refractivity contribution is 7.09. The Bertz CT molecular complexity index is 906. The van der Waals surface area contributed by atoms with Gasteiger partial charge >= 0.3 is 12.0 Å². The van der Waals surface area contributed by atoms with Crippen LogP contribution < -0.4 is 15.4 Å². The van der Waals surface area contributed by atoms with E-state index in [4.69, 9.17) is 9.47 Å². The van der Waals surface area contributed by atoms with Crippen LogP contribution in [0.25, 0.3) is 0 Å². The van der Waals surface area contributed by atoms with Crippen LogP contribution in [0.15, 0.2) is 29.6 Å². The van der Waals surface area contributed by atoms with E-state index in [2.05, 4.69) is 15.6 Å². The molecular formula is C22H27N3O5S. The van der Waals surface area contributed by atoms with Gasteiger partial charge in [-0.25, -0.2) is 14.6 Å². The van der Waals surface area contributed by atoms with E-state index in [0.717, 1.165) is 36.4 Å². The first-order valence-corrected chi connectivity index (χ1v) is 11.2. The van der Waals surface area contributed by atoms with Crippen LogP contribution in [0.1, 0.15) is 60.1 Å². The number of urea groups is 1. The maximum Gasteiger partial charge on any atom is 0.338 e. The van der Waals surface area contributed by atoms with E-state index in [-0.39, 0.29) is 11.6 Å². The van der Waals surface area contributed by atoms with Gasteiger partial charge in [0.2, 0.25) is 0 Å². The van der Waals surface area contributed by atoms with Gasteiger partial charge in [-0.1, -0.05) is 19.3 Å². The summed E-state index contributed by atoms with van der Waals surface area (Å²) in [6.45, 7) is 3.70. The number of aromatic nitrogens is 1. The molecule has 1 fully saturated rings. The monoisotopic (exact) mass is 445 g/mol. The Morgan fingerprint density at radius 2 is 1.87 bits per heavy atom. The molecule has 0 saturated heterocycles. The van der Waals surface area contributed by atoms with E-state index in [1.807, 2.05) is 12.3 Å². The van der Waals surface area contributed by atoms with Crippen molar-refractivity contribution in [3.8, 4) is 5.75 Å². The Kier molecular flexibility index (Phi) is 8.00. The summed E-state index contributed by atoms with van der Waals surface area (Å²) in [7, 11) is 0. The number of thiazole rings is 1. The Labute approximate surface area is 185 Å². The van der Waals surface area contributed by atoms with Crippen molar-refractivity contribution in [3.63, 3.8) is 0 Å². The zero-order chi connectivity index (χ0) is 22.2. The standard InChI is InChI=1S/C22H27N3O5S/c1-14(20(26)25-22(28)24-17-6-4-3-5-7-17)30-21(27)16-8-10-19(11-9-16)29-12-18-13-31-15(2)23-18/h8-11,13-14,17H,3-7,12H2,1-2H3,(H2,24,25,26,28). The Hall–Kier alpha value is -2.94. The van der Waals surface area contributed by atoms with Crippen molar-refractivity contribution in [2.24, 2.45) is 0 Å². The van der Waals surface area contributed by atoms with E-state index in [1.54, 1.807) is 35.6 Å². The lowest BCUT2D eigenvalue weighted by molar-refractivity contribution is -0.127. The van der Waals surface area contributed by atoms with Crippen LogP contribution in [-0.4, -0.2) is 35.0 Å². The fraction of sp³-hybridized carbons (Fsp3) is 0.455. The molecule has 8 nitrogen and oxygen atoms in total. The van der Waals surface area contributed by atoms with Crippen LogP contribution in [0.4, 0.5) is 4.79 Å². The number of benzene rings is 1. The lowest BCUT2D eigenvalue weighted by atomic mass is 9.96. The molecule has 1 aliphatic carbocycles. The van der Waals surface area contributed by atoms with Gasteiger partial charge in [-0.05, 0) is 51.0 Å². The summed E-state index contributed by atoms with van der Waals surface area (Å²) in [5, 5.41) is 7.93. The first kappa shape index (κ1) is 22.7. The quantitative estimate of drug-likeness (QED) is 0.629. The molecule has 9 heteroatoms. The third-order valence-electron chi connectivity index (χ3n) is 4.97. The molecule has 1 aliphatic rings. The number of amides is 3. The number of aryl methyl sites for hydroxylation is 1. The topological polar surface area (TPSA) is 107 Å². The van der Waals surface area contributed by atoms with Crippen LogP contribution in [0.5, 0.6) is 5.75 Å². The van der Waals surface area contributed by atoms with Crippen molar-refractivity contribution in [2.45, 2.75) is 64.7 Å². The lowest BCUT2D eigenvalue weighted by Gasteiger charge is -2.23. The summed E-state index contributed by atoms with van der Waals surface area (Å²) in [5.74, 6) is -0.732. The Morgan fingerprint density at radius 1 is 1.16 bits per heavy atom. The third-order valence-corrected chi connectivity index (χ3v) is 5.80. The Balaban J connectivity index is 1.43. The van der Waals surface area contributed by atoms with Crippen molar-refractivity contribution in [3.05, 3.63) is 45.9 Å². The van der Waals surface area contributed by atoms with Crippen molar-refractivity contribution in [1.29, 1.82) is 0 Å². The molecule has 2 N–H and O–H groups in total. The highest BCUT2D eigenvalue weighted by Gasteiger charge is 2.22. The molecular weight excluding hydrogens is 418 g/mol. The molecule has 31 heavy (non-hydrogen) atoms. The van der Waals surface area contributed by atoms with Crippen LogP contribution in [0, 0.1) is 6.92 Å². The zero-order valence-corrected chi connectivity index (χ0v) is 18.5. The Morgan fingerprint density at radius 3 is 2.52 bits per heavy atom. The van der Waals surface area contributed by atoms with Gasteiger partial charge in [0.05, 0.1) is 16.3 Å². The maximum atomic E-state index is 12.3. The molecule has 1 saturated carbocycles. The molecule has 1 aromatic heterocycles. The minimum atomic E-state index is -1.10. The summed E-state index contributed by atoms with van der Waals surface area (Å²) >= 11 is 1.56. The second-order valence-electron chi connectivity index (χ2n) is 7.52. The van der Waals surface area contributed by atoms with Crippen LogP contribution in [0.3, 0.4) is 0 Å². The molecule has 1 unspecified atom stereocenters. The fourth-order valence-corrected chi connectivity index (χ4v) is 3.88. The minimum Gasteiger partial charge on any atom is -0.487 e. The first-order valence-electron chi connectivity index (χ1n) is 10.4. The third kappa shape index (κ3) is 7.06. The zero-order valence-electron chi connectivity index (χ0n) is 17.7. The number of ether oxygens (including phenoxy) is 2. The number of carbonyl (C=O) groups excluding carboxylic acids is 3. The number of imide groups is 1. The molecule has 3 amide bonds. The average molecular weight is 446 g/mol. The van der Waals surface area contributed by atoms with Gasteiger partial charge in [-0.3, -0.25) is 10.1 Å². The van der Waals surface area contributed by atoms with E-state index in [0.29, 0.717) is 12.4 Å². The van der Waals surface area contributed by atoms with E-state index in [9.17, 15) is 14.4 Å². The van der Waals surface area contributed by atoms with Gasteiger partial charge in [0.1, 0.15) is 12.4 Å². The van der Waals surface area contributed by atoms with Gasteiger partial charge < -0.3 is 14.8 Å². The molecule has 2 aromatic rings. The summed E-state index contributed by atoms with van der Waals surface area (Å²) in [4.78, 5) is 40.8. The van der Waals surface area contributed by atoms with Crippen LogP contribution in [-0.2, 0) is 16.1 Å². The van der Waals surface area contributed by atoms with E-state index >= 15 is 0 Å². The summed E-state index contributed by atoms with van der Waals surface area (Å²) < 4.78 is 10.8. The van der Waals surface area contributed by atoms with Gasteiger partial charge in [0, 0.05) is 11.4 Å². The van der Waals surface area contributed by atoms with E-state index < -0.39 is 24.0 Å². The van der Waals surface area contributed by atoms with Gasteiger partial charge in [-0.2, -0.15) is 0 Å². The van der Waals surface area contributed by atoms with Gasteiger partial charge in [0.15, 0.2) is 6.10 Å². The molecule has 1 heterocycles. The largest absolute Gasteiger partial charge is 0.487 e. The average Bonchev–Trinajstić information content (AvgIpc) is 3.18. The molecule has 1 atom stereocenters. The number of hydrogen-bond donors (Lipinski definition) is 2. The predicted molar refractivity (Wildman–Crippen MR) is 116 cm³/mol. The van der Waals surface area contributed by atoms with Gasteiger partial charge in [0.25, 0.3) is 5.91 Å². The maximum absolute atomic E-state index is 12.3. The highest BCUT2D eigenvalue weighted by Crippen LogP contribution is 2.18. The first-order chi connectivity index (χ1) is 14.9. The minimum absolute atomic E-state index is 0.0830. The molecule has 1 aromatic carbocycles. The summed E-state index contributed by atoms with van der Waals surface area (Å²) in [5.41, 5.74) is 1.13. The van der Waals surface area contributed by atoms with Crippen molar-refractivity contribution >= 4 is 29.2 Å². The number of esters is 1. The molecule has 0 bridgehead atoms. The van der Waals surface area contributed by atoms with Crippen LogP contribution in [0.2, 0.25) is 0 Å². The smallest absolute Gasteiger partial charge is 0.338 e. The highest BCUT2D eigenvalue weighted by atomic mass is 32.1. The van der Waals surface area contributed by atoms with Crippen molar-refractivity contribution in [1.82, 2.24) is 15.6 Å². The molecule has 166 valence electrons. The van der Waals surface area contributed by atoms with Crippen LogP contribution >= 0.6 is 11.3 Å². The second-order valence-corrected chi connectivity index (χ2v) is 8.58.